The van der Waals surface area contributed by atoms with Gasteiger partial charge in [-0.3, -0.25) is 20.4 Å². The molecule has 616 valence electrons. The normalized spacial score (nSPS) is 6.74. The number of rotatable bonds is 0. The van der Waals surface area contributed by atoms with Crippen molar-refractivity contribution in [2.45, 2.75) is 160 Å². The van der Waals surface area contributed by atoms with Crippen LogP contribution in [0, 0.1) is 0 Å². The minimum Gasteiger partial charge on any atom is -2.00 e. The van der Waals surface area contributed by atoms with E-state index in [1.165, 1.54) is 0 Å². The summed E-state index contributed by atoms with van der Waals surface area (Å²) in [6, 6.07) is 21.6. The summed E-state index contributed by atoms with van der Waals surface area (Å²) in [5.41, 5.74) is 0. The second-order valence-corrected chi connectivity index (χ2v) is 17.2. The minimum absolute atomic E-state index is 0. The van der Waals surface area contributed by atoms with Gasteiger partial charge in [0.2, 0.25) is 0 Å². The van der Waals surface area contributed by atoms with Gasteiger partial charge in [-0.15, -0.1) is 48.8 Å². The Balaban J connectivity index is -0.0000000231. The van der Waals surface area contributed by atoms with Crippen molar-refractivity contribution in [3.05, 3.63) is 222 Å². The van der Waals surface area contributed by atoms with Crippen molar-refractivity contribution >= 4 is 0 Å². The van der Waals surface area contributed by atoms with E-state index in [9.17, 15) is 40.9 Å². The van der Waals surface area contributed by atoms with Gasteiger partial charge in [-0.2, -0.15) is 70.0 Å². The molecule has 0 saturated carbocycles. The largest absolute Gasteiger partial charge is 4.00 e. The smallest absolute Gasteiger partial charge is 2.00 e. The topological polar surface area (TPSA) is 857 Å². The molecule has 0 amide bonds. The summed E-state index contributed by atoms with van der Waals surface area (Å²) < 4.78 is 0. The van der Waals surface area contributed by atoms with E-state index in [1.807, 2.05) is 24.3 Å². The zero-order valence-corrected chi connectivity index (χ0v) is 81.1. The third-order valence-electron chi connectivity index (χ3n) is 4.60. The molecule has 0 atom stereocenters. The summed E-state index contributed by atoms with van der Waals surface area (Å²) in [6.45, 7) is 25.8. The van der Waals surface area contributed by atoms with E-state index in [-0.39, 0.29) is 283 Å². The van der Waals surface area contributed by atoms with Crippen LogP contribution >= 0.6 is 0 Å². The molecule has 0 aliphatic heterocycles. The van der Waals surface area contributed by atoms with Gasteiger partial charge >= 0.3 is 217 Å². The van der Waals surface area contributed by atoms with Crippen LogP contribution in [0.3, 0.4) is 0 Å². The Bertz CT molecular complexity index is 1750. The maximum absolute atomic E-state index is 9.53. The minimum atomic E-state index is -0.417. The van der Waals surface area contributed by atoms with Crippen molar-refractivity contribution in [2.75, 3.05) is 0 Å². The van der Waals surface area contributed by atoms with Crippen LogP contribution in [0.4, 0.5) is 0 Å². The van der Waals surface area contributed by atoms with Gasteiger partial charge in [0.1, 0.15) is 0 Å². The first-order chi connectivity index (χ1) is 43.9. The summed E-state index contributed by atoms with van der Waals surface area (Å²) in [5.74, 6) is 0. The van der Waals surface area contributed by atoms with E-state index >= 15 is 0 Å². The van der Waals surface area contributed by atoms with Crippen molar-refractivity contribution in [1.29, 1.82) is 0 Å². The molecule has 0 aromatic carbocycles. The molecule has 12 rings (SSSR count). The molecule has 12 heterocycles. The zero-order chi connectivity index (χ0) is 71.0. The Hall–Kier alpha value is -3.14. The van der Waals surface area contributed by atoms with Crippen molar-refractivity contribution in [3.8, 4) is 0 Å². The van der Waals surface area contributed by atoms with Crippen molar-refractivity contribution in [2.24, 2.45) is 0 Å². The second kappa shape index (κ2) is 199. The average Bonchev–Trinajstić information content (AvgIpc) is 2.24. The molecular weight excluding hydrogens is 1860 g/mol. The number of aromatic nitrogens is 24. The van der Waals surface area contributed by atoms with Gasteiger partial charge in [0.25, 0.3) is 0 Å². The maximum atomic E-state index is 9.53. The summed E-state index contributed by atoms with van der Waals surface area (Å²) >= 11 is 0. The molecule has 0 saturated heterocycles. The molecule has 12 aromatic rings. The molecule has 0 aliphatic rings. The molecule has 0 radical (unpaired) electrons. The molecule has 44 nitrogen and oxygen atoms in total. The van der Waals surface area contributed by atoms with Crippen LogP contribution in [0.25, 0.3) is 0 Å². The van der Waals surface area contributed by atoms with E-state index in [2.05, 4.69) is 122 Å². The van der Waals surface area contributed by atoms with Gasteiger partial charge in [-0.1, -0.05) is 159 Å². The van der Waals surface area contributed by atoms with Crippen LogP contribution in [0.1, 0.15) is 111 Å². The van der Waals surface area contributed by atoms with Crippen LogP contribution in [-0.4, -0.2) is 130 Å². The second-order valence-electron chi connectivity index (χ2n) is 17.2. The first-order valence-electron chi connectivity index (χ1n) is 27.9. The summed E-state index contributed by atoms with van der Waals surface area (Å²) in [7, 11) is 0. The van der Waals surface area contributed by atoms with E-state index in [0.29, 0.717) is 0 Å². The molecule has 0 bridgehead atoms. The van der Waals surface area contributed by atoms with Gasteiger partial charge < -0.3 is 188 Å². The molecule has 0 spiro atoms. The Morgan fingerprint density at radius 3 is 0.281 bits per heavy atom. The Morgan fingerprint density at radius 2 is 0.263 bits per heavy atom. The van der Waals surface area contributed by atoms with E-state index in [4.69, 9.17) is 0 Å². The number of nitrogens with one attached hydrogen (secondary N) is 4. The molecular formula is C60H96N24O20Ti10. The quantitative estimate of drug-likeness (QED) is 0.126. The SMILES string of the molecule is CC(C)[O-].CC(C)[O-].CC(C)[O-].CC(C)[O-].CC(C)[O-].CC(C)[O-].CC(C)[O-].CC(C)[O-].[O-2].[O-2].[O-2].[O-2].[O-2].[O-2].[O-2].[O-2].[O-2].[O-2].[O-2].[O-2].[Ti+4].[Ti+4].[Ti+4].[Ti+4].[Ti+4].[Ti+4].[Ti+4].[Ti+4].[Ti+4].[Ti+4].c1cn[n-]c1.c1cn[n-]c1.c1cn[n-]c1.c1cn[n-]c1.c1cn[n-]c1.c1cn[n-]c1.c1cn[n-]c1.c1cn[n-]c1.c1cn[nH]c1.c1cn[nH]c1.c1cn[nH]c1.c1cn[nH]c1. The van der Waals surface area contributed by atoms with Crippen molar-refractivity contribution in [1.82, 2.24) is 122 Å². The Labute approximate surface area is 818 Å². The van der Waals surface area contributed by atoms with E-state index < -0.39 is 48.8 Å². The molecule has 0 aliphatic carbocycles. The molecule has 4 N–H and O–H groups in total. The fourth-order valence-corrected chi connectivity index (χ4v) is 2.40. The molecule has 54 heteroatoms. The van der Waals surface area contributed by atoms with Crippen molar-refractivity contribution in [3.63, 3.8) is 0 Å². The third-order valence-corrected chi connectivity index (χ3v) is 4.60. The Morgan fingerprint density at radius 1 is 0.175 bits per heavy atom. The average molecular weight is 1950 g/mol. The standard InChI is InChI=1S/4C3H4N2.8C3H3N2.8C3H7O.12O.10Ti/c12*1-2-4-5-3-1;8*1-3(2)4;;;;;;;;;;;;;;;;;;;;;;/h4*1-3H,(H,4,5);8*1-3H;8*3H,1-2H3;;;;;;;;;;;;;;;;;;;;;;/q;;;;16*-1;12*-2;10*+4. The number of hydrogen-bond donors (Lipinski definition) is 4. The fourth-order valence-electron chi connectivity index (χ4n) is 2.40. The van der Waals surface area contributed by atoms with Crippen LogP contribution in [0.5, 0.6) is 0 Å². The molecule has 0 fully saturated rings. The predicted octanol–water partition coefficient (Wildman–Crippen LogP) is -1.46. The first-order valence-corrected chi connectivity index (χ1v) is 27.9. The summed E-state index contributed by atoms with van der Waals surface area (Å²) in [6.07, 6.45) is 36.7. The zero-order valence-electron chi connectivity index (χ0n) is 65.5. The van der Waals surface area contributed by atoms with Crippen LogP contribution < -0.4 is 81.6 Å². The maximum Gasteiger partial charge on any atom is 4.00 e. The van der Waals surface area contributed by atoms with Crippen LogP contribution in [0.15, 0.2) is 222 Å². The van der Waals surface area contributed by atoms with Gasteiger partial charge in [-0.25, -0.2) is 0 Å². The van der Waals surface area contributed by atoms with Crippen molar-refractivity contribution < 1.29 is 324 Å². The van der Waals surface area contributed by atoms with E-state index in [1.54, 1.807) is 308 Å². The Kier molecular flexibility index (Phi) is 357. The number of hydrogen-bond acceptors (Lipinski definition) is 20. The monoisotopic (exact) mass is 1950 g/mol. The van der Waals surface area contributed by atoms with Gasteiger partial charge in [0, 0.05) is 99.1 Å². The van der Waals surface area contributed by atoms with Gasteiger partial charge in [-0.05, 0) is 24.3 Å². The van der Waals surface area contributed by atoms with E-state index in [0.717, 1.165) is 0 Å². The first kappa shape index (κ1) is 205. The third kappa shape index (κ3) is 392. The van der Waals surface area contributed by atoms with Crippen LogP contribution in [-0.2, 0) is 283 Å². The molecule has 12 aromatic heterocycles. The summed E-state index contributed by atoms with van der Waals surface area (Å²) in [4.78, 5) is 0. The van der Waals surface area contributed by atoms with Crippen LogP contribution in [0.2, 0.25) is 0 Å². The fraction of sp³-hybridized carbons (Fsp3) is 0.400. The number of aromatic amines is 4. The number of H-pyrrole nitrogens is 4. The molecule has 0 unspecified atom stereocenters. The predicted molar refractivity (Wildman–Crippen MR) is 344 cm³/mol. The van der Waals surface area contributed by atoms with Gasteiger partial charge in [0.15, 0.2) is 0 Å². The number of nitrogens with zero attached hydrogens (tertiary/aromatic N) is 20. The van der Waals surface area contributed by atoms with Gasteiger partial charge in [0.05, 0.1) is 0 Å². The molecule has 114 heavy (non-hydrogen) atoms. The summed E-state index contributed by atoms with van der Waals surface area (Å²) in [5, 5.41) is 157.